The standard InChI is InChI=1S/C15H21NO/c1-4-11(2)10-16-12(3)15-9-13-7-5-6-8-14(13)17-15/h5-9,11-12,16H,4,10H2,1-3H3/t11-,12-/m0/s1. The molecular weight excluding hydrogens is 210 g/mol. The van der Waals surface area contributed by atoms with Crippen molar-refractivity contribution >= 4 is 11.0 Å². The van der Waals surface area contributed by atoms with Gasteiger partial charge in [0.15, 0.2) is 0 Å². The highest BCUT2D eigenvalue weighted by atomic mass is 16.3. The molecule has 1 aromatic carbocycles. The molecule has 2 nitrogen and oxygen atoms in total. The Balaban J connectivity index is 2.06. The van der Waals surface area contributed by atoms with Crippen molar-refractivity contribution in [3.05, 3.63) is 36.1 Å². The lowest BCUT2D eigenvalue weighted by Gasteiger charge is -2.14. The second-order valence-electron chi connectivity index (χ2n) is 4.83. The first kappa shape index (κ1) is 12.2. The van der Waals surface area contributed by atoms with Crippen molar-refractivity contribution < 1.29 is 4.42 Å². The maximum atomic E-state index is 5.83. The summed E-state index contributed by atoms with van der Waals surface area (Å²) < 4.78 is 5.83. The summed E-state index contributed by atoms with van der Waals surface area (Å²) in [5.41, 5.74) is 0.972. The molecule has 0 fully saturated rings. The van der Waals surface area contributed by atoms with Gasteiger partial charge in [-0.1, -0.05) is 38.5 Å². The van der Waals surface area contributed by atoms with E-state index in [-0.39, 0.29) is 6.04 Å². The predicted molar refractivity (Wildman–Crippen MR) is 72.1 cm³/mol. The van der Waals surface area contributed by atoms with E-state index in [2.05, 4.69) is 38.2 Å². The molecule has 0 radical (unpaired) electrons. The van der Waals surface area contributed by atoms with Crippen molar-refractivity contribution in [3.8, 4) is 0 Å². The van der Waals surface area contributed by atoms with Crippen LogP contribution in [0.5, 0.6) is 0 Å². The van der Waals surface area contributed by atoms with E-state index >= 15 is 0 Å². The molecule has 17 heavy (non-hydrogen) atoms. The molecule has 1 heterocycles. The lowest BCUT2D eigenvalue weighted by molar-refractivity contribution is 0.411. The van der Waals surface area contributed by atoms with Crippen LogP contribution in [-0.4, -0.2) is 6.54 Å². The highest BCUT2D eigenvalue weighted by molar-refractivity contribution is 5.77. The lowest BCUT2D eigenvalue weighted by atomic mass is 10.1. The molecule has 0 aliphatic carbocycles. The largest absolute Gasteiger partial charge is 0.459 e. The molecular formula is C15H21NO. The van der Waals surface area contributed by atoms with Crippen molar-refractivity contribution in [1.29, 1.82) is 0 Å². The third-order valence-corrected chi connectivity index (χ3v) is 3.34. The Bertz CT molecular complexity index is 441. The zero-order chi connectivity index (χ0) is 12.3. The van der Waals surface area contributed by atoms with Gasteiger partial charge in [-0.2, -0.15) is 0 Å². The Morgan fingerprint density at radius 2 is 2.00 bits per heavy atom. The fourth-order valence-electron chi connectivity index (χ4n) is 1.84. The van der Waals surface area contributed by atoms with Crippen molar-refractivity contribution in [1.82, 2.24) is 5.32 Å². The van der Waals surface area contributed by atoms with Gasteiger partial charge >= 0.3 is 0 Å². The van der Waals surface area contributed by atoms with Crippen molar-refractivity contribution in [2.75, 3.05) is 6.54 Å². The number of nitrogens with one attached hydrogen (secondary N) is 1. The van der Waals surface area contributed by atoms with Crippen LogP contribution in [-0.2, 0) is 0 Å². The first-order valence-corrected chi connectivity index (χ1v) is 6.42. The average molecular weight is 231 g/mol. The molecule has 1 N–H and O–H groups in total. The van der Waals surface area contributed by atoms with E-state index in [4.69, 9.17) is 4.42 Å². The van der Waals surface area contributed by atoms with E-state index in [9.17, 15) is 0 Å². The molecule has 92 valence electrons. The van der Waals surface area contributed by atoms with Crippen LogP contribution in [0.3, 0.4) is 0 Å². The van der Waals surface area contributed by atoms with Gasteiger partial charge in [0.1, 0.15) is 11.3 Å². The Morgan fingerprint density at radius 1 is 1.24 bits per heavy atom. The normalized spacial score (nSPS) is 15.0. The van der Waals surface area contributed by atoms with Gasteiger partial charge < -0.3 is 9.73 Å². The number of furan rings is 1. The van der Waals surface area contributed by atoms with Crippen LogP contribution in [0.1, 0.15) is 39.0 Å². The van der Waals surface area contributed by atoms with E-state index in [1.807, 2.05) is 18.2 Å². The minimum absolute atomic E-state index is 0.274. The van der Waals surface area contributed by atoms with Gasteiger partial charge in [0.2, 0.25) is 0 Å². The molecule has 0 spiro atoms. The molecule has 1 aromatic heterocycles. The minimum Gasteiger partial charge on any atom is -0.459 e. The summed E-state index contributed by atoms with van der Waals surface area (Å²) in [4.78, 5) is 0. The number of rotatable bonds is 5. The third-order valence-electron chi connectivity index (χ3n) is 3.34. The maximum absolute atomic E-state index is 5.83. The fourth-order valence-corrected chi connectivity index (χ4v) is 1.84. The zero-order valence-electron chi connectivity index (χ0n) is 10.9. The average Bonchev–Trinajstić information content (AvgIpc) is 2.79. The highest BCUT2D eigenvalue weighted by Gasteiger charge is 2.11. The van der Waals surface area contributed by atoms with Gasteiger partial charge in [-0.3, -0.25) is 0 Å². The summed E-state index contributed by atoms with van der Waals surface area (Å²) in [6, 6.07) is 10.6. The topological polar surface area (TPSA) is 25.2 Å². The lowest BCUT2D eigenvalue weighted by Crippen LogP contribution is -2.23. The fraction of sp³-hybridized carbons (Fsp3) is 0.467. The van der Waals surface area contributed by atoms with Gasteiger partial charge in [0.05, 0.1) is 6.04 Å². The second-order valence-corrected chi connectivity index (χ2v) is 4.83. The first-order valence-electron chi connectivity index (χ1n) is 6.42. The summed E-state index contributed by atoms with van der Waals surface area (Å²) in [5.74, 6) is 1.73. The molecule has 0 bridgehead atoms. The van der Waals surface area contributed by atoms with Crippen LogP contribution in [0.15, 0.2) is 34.7 Å². The Morgan fingerprint density at radius 3 is 2.71 bits per heavy atom. The van der Waals surface area contributed by atoms with Crippen LogP contribution in [0.25, 0.3) is 11.0 Å². The maximum Gasteiger partial charge on any atom is 0.134 e. The van der Waals surface area contributed by atoms with Crippen molar-refractivity contribution in [3.63, 3.8) is 0 Å². The molecule has 0 aliphatic heterocycles. The van der Waals surface area contributed by atoms with Crippen LogP contribution in [0.4, 0.5) is 0 Å². The quantitative estimate of drug-likeness (QED) is 0.837. The van der Waals surface area contributed by atoms with E-state index in [1.54, 1.807) is 0 Å². The van der Waals surface area contributed by atoms with E-state index < -0.39 is 0 Å². The molecule has 0 saturated carbocycles. The number of hydrogen-bond donors (Lipinski definition) is 1. The summed E-state index contributed by atoms with van der Waals surface area (Å²) in [6.45, 7) is 7.67. The second kappa shape index (κ2) is 5.37. The number of fused-ring (bicyclic) bond motifs is 1. The molecule has 2 atom stereocenters. The van der Waals surface area contributed by atoms with E-state index in [0.717, 1.165) is 17.9 Å². The summed E-state index contributed by atoms with van der Waals surface area (Å²) in [6.07, 6.45) is 1.21. The monoisotopic (exact) mass is 231 g/mol. The Kier molecular flexibility index (Phi) is 3.85. The van der Waals surface area contributed by atoms with Crippen LogP contribution >= 0.6 is 0 Å². The zero-order valence-corrected chi connectivity index (χ0v) is 10.9. The Hall–Kier alpha value is -1.28. The van der Waals surface area contributed by atoms with Gasteiger partial charge in [0, 0.05) is 5.39 Å². The van der Waals surface area contributed by atoms with E-state index in [1.165, 1.54) is 11.8 Å². The molecule has 0 saturated heterocycles. The molecule has 0 unspecified atom stereocenters. The van der Waals surface area contributed by atoms with Crippen LogP contribution in [0, 0.1) is 5.92 Å². The van der Waals surface area contributed by atoms with Gasteiger partial charge in [-0.15, -0.1) is 0 Å². The van der Waals surface area contributed by atoms with Crippen molar-refractivity contribution in [2.24, 2.45) is 5.92 Å². The first-order chi connectivity index (χ1) is 8.20. The third kappa shape index (κ3) is 2.89. The SMILES string of the molecule is CC[C@H](C)CN[C@@H](C)c1cc2ccccc2o1. The van der Waals surface area contributed by atoms with Gasteiger partial charge in [-0.05, 0) is 31.5 Å². The molecule has 2 heteroatoms. The van der Waals surface area contributed by atoms with Crippen molar-refractivity contribution in [2.45, 2.75) is 33.2 Å². The molecule has 0 amide bonds. The summed E-state index contributed by atoms with van der Waals surface area (Å²) in [7, 11) is 0. The number of para-hydroxylation sites is 1. The predicted octanol–water partition coefficient (Wildman–Crippen LogP) is 4.13. The molecule has 0 aliphatic rings. The Labute approximate surface area is 103 Å². The summed E-state index contributed by atoms with van der Waals surface area (Å²) in [5, 5.41) is 4.70. The van der Waals surface area contributed by atoms with Gasteiger partial charge in [0.25, 0.3) is 0 Å². The van der Waals surface area contributed by atoms with Gasteiger partial charge in [-0.25, -0.2) is 0 Å². The highest BCUT2D eigenvalue weighted by Crippen LogP contribution is 2.23. The number of benzene rings is 1. The summed E-state index contributed by atoms with van der Waals surface area (Å²) >= 11 is 0. The number of hydrogen-bond acceptors (Lipinski definition) is 2. The van der Waals surface area contributed by atoms with E-state index in [0.29, 0.717) is 5.92 Å². The minimum atomic E-state index is 0.274. The molecule has 2 aromatic rings. The molecule has 2 rings (SSSR count). The van der Waals surface area contributed by atoms with Crippen LogP contribution in [0.2, 0.25) is 0 Å². The van der Waals surface area contributed by atoms with Crippen LogP contribution < -0.4 is 5.32 Å². The smallest absolute Gasteiger partial charge is 0.134 e.